The first-order valence-electron chi connectivity index (χ1n) is 13.2. The van der Waals surface area contributed by atoms with E-state index in [4.69, 9.17) is 4.98 Å². The van der Waals surface area contributed by atoms with Crippen molar-refractivity contribution in [3.8, 4) is 11.4 Å². The Hall–Kier alpha value is -3.22. The summed E-state index contributed by atoms with van der Waals surface area (Å²) in [5.41, 5.74) is 3.32. The highest BCUT2D eigenvalue weighted by molar-refractivity contribution is 5.94. The molecule has 5 rings (SSSR count). The second-order valence-electron chi connectivity index (χ2n) is 10.1. The number of hydrogen-bond donors (Lipinski definition) is 3. The van der Waals surface area contributed by atoms with E-state index in [-0.39, 0.29) is 23.7 Å². The van der Waals surface area contributed by atoms with Crippen LogP contribution in [-0.2, 0) is 9.59 Å². The molecule has 1 aromatic carbocycles. The Morgan fingerprint density at radius 1 is 0.771 bits per heavy atom. The molecule has 2 fully saturated rings. The summed E-state index contributed by atoms with van der Waals surface area (Å²) in [6.45, 7) is 0. The van der Waals surface area contributed by atoms with Crippen LogP contribution in [0.3, 0.4) is 0 Å². The number of pyridine rings is 1. The molecule has 2 aromatic heterocycles. The van der Waals surface area contributed by atoms with Gasteiger partial charge in [0.25, 0.3) is 0 Å². The smallest absolute Gasteiger partial charge is 0.228 e. The Bertz CT molecular complexity index is 1150. The molecule has 7 nitrogen and oxygen atoms in total. The number of benzene rings is 1. The predicted octanol–water partition coefficient (Wildman–Crippen LogP) is 6.44. The molecule has 0 saturated heterocycles. The molecule has 0 atom stereocenters. The lowest BCUT2D eigenvalue weighted by Gasteiger charge is -2.14. The summed E-state index contributed by atoms with van der Waals surface area (Å²) >= 11 is 0. The summed E-state index contributed by atoms with van der Waals surface area (Å²) in [6, 6.07) is 9.60. The quantitative estimate of drug-likeness (QED) is 0.371. The zero-order chi connectivity index (χ0) is 24.0. The van der Waals surface area contributed by atoms with Crippen LogP contribution in [0.4, 0.5) is 11.5 Å². The highest BCUT2D eigenvalue weighted by atomic mass is 16.2. The van der Waals surface area contributed by atoms with Crippen molar-refractivity contribution >= 4 is 34.4 Å². The third kappa shape index (κ3) is 5.89. The van der Waals surface area contributed by atoms with Crippen LogP contribution in [0.5, 0.6) is 0 Å². The number of aromatic nitrogens is 3. The molecule has 2 heterocycles. The van der Waals surface area contributed by atoms with Gasteiger partial charge in [-0.25, -0.2) is 9.97 Å². The summed E-state index contributed by atoms with van der Waals surface area (Å²) < 4.78 is 0. The minimum Gasteiger partial charge on any atom is -0.337 e. The molecule has 7 heteroatoms. The van der Waals surface area contributed by atoms with Crippen molar-refractivity contribution in [1.29, 1.82) is 0 Å². The summed E-state index contributed by atoms with van der Waals surface area (Å²) in [5.74, 6) is 1.67. The van der Waals surface area contributed by atoms with Gasteiger partial charge < -0.3 is 15.6 Å². The standard InChI is InChI=1S/C28H35N5O2/c34-27(20-9-5-1-2-6-10-20)30-22-15-13-19(14-16-22)26-31-23-17-25(29-18-24(23)32-26)33-28(35)21-11-7-3-4-8-12-21/h13-18,20-21H,1-12H2,(H,30,34)(H,31,32)(H,29,33,35). The lowest BCUT2D eigenvalue weighted by molar-refractivity contribution is -0.121. The number of anilines is 2. The number of aromatic amines is 1. The fourth-order valence-electron chi connectivity index (χ4n) is 5.38. The summed E-state index contributed by atoms with van der Waals surface area (Å²) in [5, 5.41) is 6.07. The van der Waals surface area contributed by atoms with Gasteiger partial charge in [0.05, 0.1) is 17.2 Å². The van der Waals surface area contributed by atoms with Gasteiger partial charge in [-0.05, 0) is 49.9 Å². The first-order valence-corrected chi connectivity index (χ1v) is 13.2. The van der Waals surface area contributed by atoms with Crippen LogP contribution in [-0.4, -0.2) is 26.8 Å². The molecule has 0 aliphatic heterocycles. The maximum absolute atomic E-state index is 12.7. The van der Waals surface area contributed by atoms with Crippen molar-refractivity contribution < 1.29 is 9.59 Å². The summed E-state index contributed by atoms with van der Waals surface area (Å²) in [7, 11) is 0. The number of hydrogen-bond acceptors (Lipinski definition) is 4. The first-order chi connectivity index (χ1) is 17.2. The minimum absolute atomic E-state index is 0.0657. The average molecular weight is 474 g/mol. The topological polar surface area (TPSA) is 99.8 Å². The molecule has 0 unspecified atom stereocenters. The molecule has 3 aromatic rings. The predicted molar refractivity (Wildman–Crippen MR) is 139 cm³/mol. The monoisotopic (exact) mass is 473 g/mol. The highest BCUT2D eigenvalue weighted by Crippen LogP contribution is 2.27. The van der Waals surface area contributed by atoms with Crippen LogP contribution < -0.4 is 10.6 Å². The van der Waals surface area contributed by atoms with Gasteiger partial charge in [-0.1, -0.05) is 51.4 Å². The van der Waals surface area contributed by atoms with Crippen molar-refractivity contribution in [3.63, 3.8) is 0 Å². The molecule has 2 saturated carbocycles. The fraction of sp³-hybridized carbons (Fsp3) is 0.500. The number of H-pyrrole nitrogens is 1. The summed E-state index contributed by atoms with van der Waals surface area (Å²) in [4.78, 5) is 37.8. The van der Waals surface area contributed by atoms with Crippen molar-refractivity contribution in [3.05, 3.63) is 36.5 Å². The van der Waals surface area contributed by atoms with E-state index < -0.39 is 0 Å². The third-order valence-corrected chi connectivity index (χ3v) is 7.50. The summed E-state index contributed by atoms with van der Waals surface area (Å²) in [6.07, 6.45) is 15.0. The molecule has 0 spiro atoms. The van der Waals surface area contributed by atoms with Gasteiger partial charge >= 0.3 is 0 Å². The van der Waals surface area contributed by atoms with Crippen LogP contribution in [0.15, 0.2) is 36.5 Å². The van der Waals surface area contributed by atoms with Gasteiger partial charge in [-0.2, -0.15) is 0 Å². The van der Waals surface area contributed by atoms with E-state index >= 15 is 0 Å². The Kier molecular flexibility index (Phi) is 7.40. The lowest BCUT2D eigenvalue weighted by atomic mass is 9.99. The number of amides is 2. The Labute approximate surface area is 206 Å². The zero-order valence-corrected chi connectivity index (χ0v) is 20.3. The fourth-order valence-corrected chi connectivity index (χ4v) is 5.38. The Balaban J connectivity index is 1.24. The van der Waals surface area contributed by atoms with E-state index in [1.165, 1.54) is 25.7 Å². The van der Waals surface area contributed by atoms with Gasteiger partial charge in [0.1, 0.15) is 11.6 Å². The SMILES string of the molecule is O=C(Nc1ccc(-c2nc3cc(NC(=O)C4CCCCCC4)ncc3[nH]2)cc1)C1CCCCCC1. The number of carbonyl (C=O) groups is 2. The number of carbonyl (C=O) groups excluding carboxylic acids is 2. The molecule has 2 aliphatic carbocycles. The van der Waals surface area contributed by atoms with E-state index in [0.29, 0.717) is 5.82 Å². The van der Waals surface area contributed by atoms with E-state index in [2.05, 4.69) is 20.6 Å². The minimum atomic E-state index is 0.0657. The van der Waals surface area contributed by atoms with Crippen LogP contribution in [0.2, 0.25) is 0 Å². The van der Waals surface area contributed by atoms with Gasteiger partial charge in [0.2, 0.25) is 11.8 Å². The van der Waals surface area contributed by atoms with Crippen molar-refractivity contribution in [2.24, 2.45) is 11.8 Å². The molecular weight excluding hydrogens is 438 g/mol. The zero-order valence-electron chi connectivity index (χ0n) is 20.3. The molecule has 2 aliphatic rings. The van der Waals surface area contributed by atoms with E-state index in [9.17, 15) is 9.59 Å². The number of nitrogens with zero attached hydrogens (tertiary/aromatic N) is 2. The van der Waals surface area contributed by atoms with Gasteiger partial charge in [0.15, 0.2) is 0 Å². The third-order valence-electron chi connectivity index (χ3n) is 7.50. The van der Waals surface area contributed by atoms with Gasteiger partial charge in [-0.3, -0.25) is 9.59 Å². The van der Waals surface area contributed by atoms with Crippen molar-refractivity contribution in [1.82, 2.24) is 15.0 Å². The van der Waals surface area contributed by atoms with Gasteiger partial charge in [-0.15, -0.1) is 0 Å². The largest absolute Gasteiger partial charge is 0.337 e. The molecule has 35 heavy (non-hydrogen) atoms. The molecule has 0 bridgehead atoms. The molecule has 3 N–H and O–H groups in total. The first kappa shape index (κ1) is 23.5. The van der Waals surface area contributed by atoms with Crippen LogP contribution in [0.25, 0.3) is 22.4 Å². The number of imidazole rings is 1. The molecule has 0 radical (unpaired) electrons. The Morgan fingerprint density at radius 2 is 1.34 bits per heavy atom. The van der Waals surface area contributed by atoms with E-state index in [0.717, 1.165) is 79.5 Å². The Morgan fingerprint density at radius 3 is 1.94 bits per heavy atom. The second-order valence-corrected chi connectivity index (χ2v) is 10.1. The molecule has 2 amide bonds. The highest BCUT2D eigenvalue weighted by Gasteiger charge is 2.21. The number of nitrogens with one attached hydrogen (secondary N) is 3. The molecule has 184 valence electrons. The normalized spacial score (nSPS) is 18.1. The van der Waals surface area contributed by atoms with Gasteiger partial charge in [0, 0.05) is 29.2 Å². The van der Waals surface area contributed by atoms with Crippen LogP contribution in [0.1, 0.15) is 77.0 Å². The average Bonchev–Trinajstić information content (AvgIpc) is 3.06. The maximum atomic E-state index is 12.7. The molecular formula is C28H35N5O2. The number of rotatable bonds is 5. The second kappa shape index (κ2) is 11.0. The van der Waals surface area contributed by atoms with E-state index in [1.54, 1.807) is 6.20 Å². The van der Waals surface area contributed by atoms with Crippen LogP contribution >= 0.6 is 0 Å². The van der Waals surface area contributed by atoms with Crippen molar-refractivity contribution in [2.45, 2.75) is 77.0 Å². The van der Waals surface area contributed by atoms with Crippen LogP contribution in [0, 0.1) is 11.8 Å². The lowest BCUT2D eigenvalue weighted by Crippen LogP contribution is -2.22. The maximum Gasteiger partial charge on any atom is 0.228 e. The number of fused-ring (bicyclic) bond motifs is 1. The van der Waals surface area contributed by atoms with E-state index in [1.807, 2.05) is 30.3 Å². The van der Waals surface area contributed by atoms with Crippen molar-refractivity contribution in [2.75, 3.05) is 10.6 Å².